The number of carbonyl (C=O) groups is 3. The molecule has 3 heterocycles. The SMILES string of the molecule is COC(=O)NCCC[Si](C)(OC)OC.CO[Si](C)(CCCN1C(=O)N(CCC[Si](OC)(OC)OC)C1=O)OC.CO[Si](C)(CCCOc1nc(OCCC[Si](C)(OC)OC)nc(OCCC[Si](OC)(OC)OC)n1)OC.CO[Si](C)(CCCn1c(=O)n(CCC[Si](C)(OC)OC)c(=O)n(CCC[Si](OC)(OC)OC)c1=O)OC. The van der Waals surface area contributed by atoms with E-state index < -0.39 is 101 Å². The summed E-state index contributed by atoms with van der Waals surface area (Å²) in [5.41, 5.74) is -1.91. The fraction of sp³-hybridized carbons (Fsp3) is 0.859. The molecule has 0 aromatic carbocycles. The molecule has 2 aromatic rings. The van der Waals surface area contributed by atoms with Gasteiger partial charge in [-0.25, -0.2) is 52.3 Å². The molecule has 1 aliphatic heterocycles. The Balaban J connectivity index is 0.00000156. The number of hydrogen-bond acceptors (Lipinski definition) is 34. The first-order chi connectivity index (χ1) is 53.5. The lowest BCUT2D eigenvalue weighted by molar-refractivity contribution is 0.100. The van der Waals surface area contributed by atoms with Crippen molar-refractivity contribution < 1.29 is 126 Å². The Kier molecular flexibility index (Phi) is 54.6. The summed E-state index contributed by atoms with van der Waals surface area (Å²) >= 11 is 0. The second-order valence-corrected chi connectivity index (χ2v) is 57.2. The second-order valence-electron chi connectivity index (χ2n) is 26.4. The molecule has 1 fully saturated rings. The molecule has 0 bridgehead atoms. The maximum absolute atomic E-state index is 13.3. The summed E-state index contributed by atoms with van der Waals surface area (Å²) in [4.78, 5) is 90.2. The van der Waals surface area contributed by atoms with Crippen LogP contribution in [0.3, 0.4) is 0 Å². The van der Waals surface area contributed by atoms with Crippen molar-refractivity contribution in [1.29, 1.82) is 0 Å². The second kappa shape index (κ2) is 56.6. The summed E-state index contributed by atoms with van der Waals surface area (Å²) in [7, 11) is 13.3. The van der Waals surface area contributed by atoms with Gasteiger partial charge in [0.1, 0.15) is 0 Å². The number of alkyl carbamates (subject to hydrolysis) is 1. The minimum Gasteiger partial charge on any atom is -0.463 e. The maximum atomic E-state index is 13.3. The smallest absolute Gasteiger partial charge is 0.463 e. The number of carbonyl (C=O) groups excluding carboxylic acids is 3. The third kappa shape index (κ3) is 37.5. The van der Waals surface area contributed by atoms with Gasteiger partial charge in [-0.1, -0.05) is 0 Å². The average Bonchev–Trinajstić information content (AvgIpc) is 0.787. The predicted molar refractivity (Wildman–Crippen MR) is 439 cm³/mol. The standard InChI is InChI=1S/2C21H45N3O10Si3.C14H30N2O7Si2.C8H19NO4Si/c1-25-35(8,26-2)16-10-13-32-19-22-20(33-14-11-17-36(9,27-3)28-4)24-21(23-19)34-15-12-18-37(29-5,30-6)31-7;1-28-35(8,29-2)16-10-13-22-19(25)23(14-11-17-36(9,30-3)31-4)21(27)24(20(22)26)15-12-18-37(32-5,33-6)34-7;1-19-24(6,20-2)11-7-9-15-13(17)16(14(15)18)10-8-12-25(21-3,22-4)23-5;1-11-8(10)9-6-5-7-14(4,12-2)13-3/h2*10-18H2,1-9H3;7-12H2,1-6H3;5-7H2,1-4H3,(H,9,10). The lowest BCUT2D eigenvalue weighted by atomic mass is 10.3. The number of amides is 5. The Morgan fingerprint density at radius 2 is 0.487 bits per heavy atom. The van der Waals surface area contributed by atoms with Crippen molar-refractivity contribution in [3.63, 3.8) is 0 Å². The van der Waals surface area contributed by atoms with Crippen LogP contribution in [-0.2, 0) is 117 Å². The van der Waals surface area contributed by atoms with E-state index in [1.54, 1.807) is 107 Å². The molecule has 3 rings (SSSR count). The summed E-state index contributed by atoms with van der Waals surface area (Å²) in [6.07, 6.45) is 5.11. The van der Waals surface area contributed by atoms with Crippen LogP contribution in [0.2, 0.25) is 93.7 Å². The molecule has 662 valence electrons. The van der Waals surface area contributed by atoms with E-state index in [-0.39, 0.29) is 49.7 Å². The van der Waals surface area contributed by atoms with Gasteiger partial charge < -0.3 is 117 Å². The Morgan fingerprint density at radius 3 is 0.726 bits per heavy atom. The third-order valence-corrected chi connectivity index (χ3v) is 46.2. The zero-order chi connectivity index (χ0) is 86.2. The van der Waals surface area contributed by atoms with E-state index in [1.165, 1.54) is 59.6 Å². The van der Waals surface area contributed by atoms with E-state index in [0.29, 0.717) is 108 Å². The first-order valence-corrected chi connectivity index (χ1v) is 58.1. The van der Waals surface area contributed by atoms with Crippen molar-refractivity contribution in [2.45, 2.75) is 171 Å². The fourth-order valence-electron chi connectivity index (χ4n) is 10.8. The third-order valence-electron chi connectivity index (χ3n) is 19.8. The molecule has 0 aliphatic carbocycles. The predicted octanol–water partition coefficient (Wildman–Crippen LogP) is 6.70. The van der Waals surface area contributed by atoms with Gasteiger partial charge in [0.05, 0.1) is 26.9 Å². The number of nitrogens with zero attached hydrogens (tertiary/aromatic N) is 8. The maximum Gasteiger partial charge on any atom is 0.500 e. The topological polar surface area (TPSA) is 405 Å². The number of hydrogen-bond donors (Lipinski definition) is 1. The summed E-state index contributed by atoms with van der Waals surface area (Å²) in [6.45, 7) is 14.6. The minimum absolute atomic E-state index is 0.0913. The largest absolute Gasteiger partial charge is 0.500 e. The summed E-state index contributed by atoms with van der Waals surface area (Å²) in [6, 6.07) is 5.64. The Morgan fingerprint density at radius 1 is 0.283 bits per heavy atom. The van der Waals surface area contributed by atoms with Crippen LogP contribution in [0.1, 0.15) is 57.8 Å². The first-order valence-electron chi connectivity index (χ1n) is 37.1. The van der Waals surface area contributed by atoms with Crippen LogP contribution < -0.4 is 36.6 Å². The van der Waals surface area contributed by atoms with E-state index in [2.05, 4.69) is 25.0 Å². The van der Waals surface area contributed by atoms with Crippen molar-refractivity contribution in [3.8, 4) is 18.0 Å². The lowest BCUT2D eigenvalue weighted by Crippen LogP contribution is -2.64. The van der Waals surface area contributed by atoms with Crippen LogP contribution >= 0.6 is 0 Å². The van der Waals surface area contributed by atoms with Gasteiger partial charge in [0.25, 0.3) is 0 Å². The number of nitrogens with one attached hydrogen (secondary N) is 1. The van der Waals surface area contributed by atoms with Crippen molar-refractivity contribution in [2.24, 2.45) is 0 Å². The zero-order valence-electron chi connectivity index (χ0n) is 72.8. The number of ether oxygens (including phenoxy) is 4. The molecule has 0 spiro atoms. The highest BCUT2D eigenvalue weighted by Gasteiger charge is 2.46. The van der Waals surface area contributed by atoms with Gasteiger partial charge in [-0.05, 0) is 133 Å². The highest BCUT2D eigenvalue weighted by Crippen LogP contribution is 2.26. The molecule has 5 amide bonds. The van der Waals surface area contributed by atoms with Crippen molar-refractivity contribution in [1.82, 2.24) is 43.8 Å². The van der Waals surface area contributed by atoms with Crippen LogP contribution in [0.25, 0.3) is 0 Å². The number of rotatable bonds is 60. The molecule has 2 aromatic heterocycles. The van der Waals surface area contributed by atoms with Crippen molar-refractivity contribution >= 4 is 95.9 Å². The number of urea groups is 2. The molecule has 0 atom stereocenters. The van der Waals surface area contributed by atoms with Crippen molar-refractivity contribution in [2.75, 3.05) is 196 Å². The van der Waals surface area contributed by atoms with E-state index in [9.17, 15) is 28.8 Å². The van der Waals surface area contributed by atoms with E-state index in [0.717, 1.165) is 57.1 Å². The normalized spacial score (nSPS) is 13.2. The first kappa shape index (κ1) is 109. The van der Waals surface area contributed by atoms with E-state index in [4.69, 9.17) is 107 Å². The van der Waals surface area contributed by atoms with Crippen LogP contribution in [0.4, 0.5) is 14.4 Å². The molecule has 0 radical (unpaired) electrons. The van der Waals surface area contributed by atoms with Crippen LogP contribution in [0.5, 0.6) is 18.0 Å². The molecule has 49 heteroatoms. The summed E-state index contributed by atoms with van der Waals surface area (Å²) in [5, 5.41) is 2.60. The van der Waals surface area contributed by atoms with Gasteiger partial charge in [0, 0.05) is 207 Å². The molecular formula is C64H139N9O31Si9. The lowest BCUT2D eigenvalue weighted by Gasteiger charge is -2.39. The van der Waals surface area contributed by atoms with E-state index in [1.807, 2.05) is 39.3 Å². The minimum atomic E-state index is -2.88. The highest BCUT2D eigenvalue weighted by atomic mass is 28.4. The Labute approximate surface area is 679 Å². The summed E-state index contributed by atoms with van der Waals surface area (Å²) < 4.78 is 139. The van der Waals surface area contributed by atoms with Gasteiger partial charge in [0.2, 0.25) is 0 Å². The monoisotopic (exact) mass is 1780 g/mol. The van der Waals surface area contributed by atoms with Crippen LogP contribution in [-0.4, -0.2) is 330 Å². The Bertz CT molecular complexity index is 2980. The molecule has 40 nitrogen and oxygen atoms in total. The Hall–Kier alpha value is -3.86. The highest BCUT2D eigenvalue weighted by molar-refractivity contribution is 6.68. The molecule has 1 saturated heterocycles. The van der Waals surface area contributed by atoms with Gasteiger partial charge in [-0.3, -0.25) is 0 Å². The molecule has 0 unspecified atom stereocenters. The molecule has 113 heavy (non-hydrogen) atoms. The number of imide groups is 2. The quantitative estimate of drug-likeness (QED) is 0.0531. The fourth-order valence-corrected chi connectivity index (χ4v) is 24.1. The number of aromatic nitrogens is 6. The molecule has 1 aliphatic rings. The molecule has 1 N–H and O–H groups in total. The molecule has 0 saturated carbocycles. The van der Waals surface area contributed by atoms with Crippen LogP contribution in [0, 0.1) is 0 Å². The molecular weight excluding hydrogens is 1640 g/mol. The zero-order valence-corrected chi connectivity index (χ0v) is 81.8. The van der Waals surface area contributed by atoms with Crippen LogP contribution in [0.15, 0.2) is 14.4 Å². The number of methoxy groups -OCH3 is 1. The summed E-state index contributed by atoms with van der Waals surface area (Å²) in [5.74, 6) is 0. The van der Waals surface area contributed by atoms with Gasteiger partial charge in [-0.2, -0.15) is 0 Å². The van der Waals surface area contributed by atoms with Crippen molar-refractivity contribution in [3.05, 3.63) is 31.5 Å². The average molecular weight is 1780 g/mol. The van der Waals surface area contributed by atoms with E-state index >= 15 is 0 Å². The van der Waals surface area contributed by atoms with Gasteiger partial charge in [0.15, 0.2) is 0 Å². The van der Waals surface area contributed by atoms with Gasteiger partial charge in [-0.15, -0.1) is 15.0 Å². The van der Waals surface area contributed by atoms with Gasteiger partial charge >= 0.3 is 131 Å².